The number of carbonyl (C=O) groups excluding carboxylic acids is 1. The standard InChI is InChI=1S/C23H16N4O2/c28-22-23(14-29-21-12-19-18(11-17(21)23)25-9-10-26-19)16-6-1-2-7-20(16)27(22)13-15-5-3-4-8-24-15/h1-12H,13-14H2. The second-order valence-corrected chi connectivity index (χ2v) is 7.32. The number of benzene rings is 2. The van der Waals surface area contributed by atoms with Gasteiger partial charge in [-0.05, 0) is 29.8 Å². The maximum Gasteiger partial charge on any atom is 0.246 e. The van der Waals surface area contributed by atoms with Crippen LogP contribution in [-0.4, -0.2) is 27.5 Å². The Labute approximate surface area is 166 Å². The van der Waals surface area contributed by atoms with E-state index in [1.54, 1.807) is 18.6 Å². The second kappa shape index (κ2) is 5.85. The fourth-order valence-electron chi connectivity index (χ4n) is 4.44. The van der Waals surface area contributed by atoms with Crippen LogP contribution in [0.15, 0.2) is 73.2 Å². The van der Waals surface area contributed by atoms with Gasteiger partial charge in [-0.2, -0.15) is 0 Å². The van der Waals surface area contributed by atoms with E-state index in [1.165, 1.54) is 0 Å². The predicted molar refractivity (Wildman–Crippen MR) is 108 cm³/mol. The Kier molecular flexibility index (Phi) is 3.26. The molecule has 4 aromatic rings. The van der Waals surface area contributed by atoms with E-state index in [2.05, 4.69) is 15.0 Å². The number of fused-ring (bicyclic) bond motifs is 5. The van der Waals surface area contributed by atoms with Gasteiger partial charge in [0.25, 0.3) is 0 Å². The van der Waals surface area contributed by atoms with Crippen molar-refractivity contribution in [2.75, 3.05) is 11.5 Å². The molecule has 1 spiro atoms. The Morgan fingerprint density at radius 2 is 1.69 bits per heavy atom. The van der Waals surface area contributed by atoms with Gasteiger partial charge in [-0.15, -0.1) is 0 Å². The van der Waals surface area contributed by atoms with Crippen LogP contribution < -0.4 is 9.64 Å². The Hall–Kier alpha value is -3.80. The van der Waals surface area contributed by atoms with Crippen LogP contribution in [-0.2, 0) is 16.8 Å². The van der Waals surface area contributed by atoms with Gasteiger partial charge in [0, 0.05) is 35.9 Å². The van der Waals surface area contributed by atoms with Crippen LogP contribution in [0.1, 0.15) is 16.8 Å². The van der Waals surface area contributed by atoms with E-state index in [0.29, 0.717) is 12.3 Å². The fourth-order valence-corrected chi connectivity index (χ4v) is 4.44. The lowest BCUT2D eigenvalue weighted by atomic mass is 9.77. The molecule has 4 heterocycles. The topological polar surface area (TPSA) is 68.2 Å². The van der Waals surface area contributed by atoms with Crippen LogP contribution in [0.4, 0.5) is 5.69 Å². The van der Waals surface area contributed by atoms with Crippen molar-refractivity contribution in [3.05, 3.63) is 90.0 Å². The number of rotatable bonds is 2. The number of pyridine rings is 1. The summed E-state index contributed by atoms with van der Waals surface area (Å²) in [5, 5.41) is 0. The molecule has 0 saturated heterocycles. The molecule has 29 heavy (non-hydrogen) atoms. The van der Waals surface area contributed by atoms with Gasteiger partial charge >= 0.3 is 0 Å². The zero-order chi connectivity index (χ0) is 19.4. The summed E-state index contributed by atoms with van der Waals surface area (Å²) in [5.41, 5.74) is 4.20. The summed E-state index contributed by atoms with van der Waals surface area (Å²) in [6.07, 6.45) is 5.06. The first-order valence-corrected chi connectivity index (χ1v) is 9.47. The first kappa shape index (κ1) is 16.2. The van der Waals surface area contributed by atoms with Crippen molar-refractivity contribution < 1.29 is 9.53 Å². The third-order valence-electron chi connectivity index (χ3n) is 5.79. The number of para-hydroxylation sites is 1. The third kappa shape index (κ3) is 2.17. The quantitative estimate of drug-likeness (QED) is 0.534. The highest BCUT2D eigenvalue weighted by Crippen LogP contribution is 2.53. The van der Waals surface area contributed by atoms with Crippen LogP contribution in [0.25, 0.3) is 11.0 Å². The van der Waals surface area contributed by atoms with Gasteiger partial charge in [-0.1, -0.05) is 24.3 Å². The molecule has 2 aromatic carbocycles. The highest BCUT2D eigenvalue weighted by atomic mass is 16.5. The fraction of sp³-hybridized carbons (Fsp3) is 0.130. The molecule has 0 N–H and O–H groups in total. The zero-order valence-electron chi connectivity index (χ0n) is 15.4. The second-order valence-electron chi connectivity index (χ2n) is 7.32. The van der Waals surface area contributed by atoms with Crippen molar-refractivity contribution >= 4 is 22.6 Å². The first-order valence-electron chi connectivity index (χ1n) is 9.47. The van der Waals surface area contributed by atoms with Crippen LogP contribution in [0.2, 0.25) is 0 Å². The molecule has 0 radical (unpaired) electrons. The molecule has 1 atom stereocenters. The summed E-state index contributed by atoms with van der Waals surface area (Å²) < 4.78 is 6.04. The average molecular weight is 380 g/mol. The maximum atomic E-state index is 13.9. The summed E-state index contributed by atoms with van der Waals surface area (Å²) >= 11 is 0. The first-order chi connectivity index (χ1) is 14.3. The number of hydrogen-bond donors (Lipinski definition) is 0. The molecule has 0 saturated carbocycles. The number of amides is 1. The van der Waals surface area contributed by atoms with E-state index in [1.807, 2.05) is 59.5 Å². The third-order valence-corrected chi connectivity index (χ3v) is 5.79. The molecular weight excluding hydrogens is 364 g/mol. The minimum absolute atomic E-state index is 0.00587. The normalized spacial score (nSPS) is 19.4. The van der Waals surface area contributed by atoms with Gasteiger partial charge in [-0.3, -0.25) is 19.7 Å². The number of ether oxygens (including phenoxy) is 1. The van der Waals surface area contributed by atoms with Crippen LogP contribution in [0.5, 0.6) is 5.75 Å². The average Bonchev–Trinajstić information content (AvgIpc) is 3.25. The smallest absolute Gasteiger partial charge is 0.246 e. The van der Waals surface area contributed by atoms with E-state index in [0.717, 1.165) is 33.5 Å². The molecule has 2 aliphatic heterocycles. The molecule has 2 aliphatic rings. The van der Waals surface area contributed by atoms with Gasteiger partial charge in [0.2, 0.25) is 5.91 Å². The van der Waals surface area contributed by atoms with Gasteiger partial charge in [-0.25, -0.2) is 0 Å². The van der Waals surface area contributed by atoms with E-state index in [9.17, 15) is 4.79 Å². The molecule has 0 fully saturated rings. The number of hydrogen-bond acceptors (Lipinski definition) is 5. The highest BCUT2D eigenvalue weighted by Gasteiger charge is 2.57. The van der Waals surface area contributed by atoms with E-state index in [4.69, 9.17) is 4.74 Å². The van der Waals surface area contributed by atoms with E-state index >= 15 is 0 Å². The van der Waals surface area contributed by atoms with Crippen molar-refractivity contribution in [2.45, 2.75) is 12.0 Å². The molecular formula is C23H16N4O2. The minimum Gasteiger partial charge on any atom is -0.491 e. The van der Waals surface area contributed by atoms with Gasteiger partial charge in [0.05, 0.1) is 23.3 Å². The largest absolute Gasteiger partial charge is 0.491 e. The Bertz CT molecular complexity index is 1270. The van der Waals surface area contributed by atoms with Crippen molar-refractivity contribution in [1.82, 2.24) is 15.0 Å². The number of aromatic nitrogens is 3. The Morgan fingerprint density at radius 1 is 0.897 bits per heavy atom. The predicted octanol–water partition coefficient (Wildman–Crippen LogP) is 3.25. The summed E-state index contributed by atoms with van der Waals surface area (Å²) in [7, 11) is 0. The van der Waals surface area contributed by atoms with Crippen molar-refractivity contribution in [3.8, 4) is 5.75 Å². The van der Waals surface area contributed by atoms with Crippen LogP contribution >= 0.6 is 0 Å². The minimum atomic E-state index is -0.869. The van der Waals surface area contributed by atoms with Crippen molar-refractivity contribution in [3.63, 3.8) is 0 Å². The molecule has 0 aliphatic carbocycles. The van der Waals surface area contributed by atoms with Gasteiger partial charge < -0.3 is 9.64 Å². The molecule has 1 unspecified atom stereocenters. The Balaban J connectivity index is 1.55. The lowest BCUT2D eigenvalue weighted by Gasteiger charge is -2.23. The Morgan fingerprint density at radius 3 is 2.52 bits per heavy atom. The van der Waals surface area contributed by atoms with E-state index < -0.39 is 5.41 Å². The van der Waals surface area contributed by atoms with Crippen molar-refractivity contribution in [1.29, 1.82) is 0 Å². The molecule has 140 valence electrons. The summed E-state index contributed by atoms with van der Waals surface area (Å²) in [6, 6.07) is 17.5. The summed E-state index contributed by atoms with van der Waals surface area (Å²) in [4.78, 5) is 28.9. The van der Waals surface area contributed by atoms with Crippen LogP contribution in [0, 0.1) is 0 Å². The molecule has 0 bridgehead atoms. The summed E-state index contributed by atoms with van der Waals surface area (Å²) in [6.45, 7) is 0.689. The SMILES string of the molecule is O=C1N(Cc2ccccn2)c2ccccc2C12COc1cc3nccnc3cc12. The summed E-state index contributed by atoms with van der Waals surface area (Å²) in [5.74, 6) is 0.701. The highest BCUT2D eigenvalue weighted by molar-refractivity contribution is 6.11. The van der Waals surface area contributed by atoms with Crippen LogP contribution in [0.3, 0.4) is 0 Å². The lowest BCUT2D eigenvalue weighted by molar-refractivity contribution is -0.122. The van der Waals surface area contributed by atoms with Crippen molar-refractivity contribution in [2.24, 2.45) is 0 Å². The molecule has 2 aromatic heterocycles. The lowest BCUT2D eigenvalue weighted by Crippen LogP contribution is -2.42. The zero-order valence-corrected chi connectivity index (χ0v) is 15.4. The molecule has 1 amide bonds. The number of anilines is 1. The van der Waals surface area contributed by atoms with E-state index in [-0.39, 0.29) is 12.5 Å². The molecule has 6 heteroatoms. The number of nitrogens with zero attached hydrogens (tertiary/aromatic N) is 4. The monoisotopic (exact) mass is 380 g/mol. The maximum absolute atomic E-state index is 13.9. The van der Waals surface area contributed by atoms with Gasteiger partial charge in [0.1, 0.15) is 17.8 Å². The number of carbonyl (C=O) groups is 1. The molecule has 6 rings (SSSR count). The van der Waals surface area contributed by atoms with Gasteiger partial charge in [0.15, 0.2) is 0 Å². The molecule has 6 nitrogen and oxygen atoms in total.